The molecular formula is C29H46N4O7SSi. The Morgan fingerprint density at radius 2 is 1.93 bits per heavy atom. The van der Waals surface area contributed by atoms with E-state index in [0.29, 0.717) is 26.4 Å². The van der Waals surface area contributed by atoms with Crippen LogP contribution in [0.1, 0.15) is 53.2 Å². The van der Waals surface area contributed by atoms with Gasteiger partial charge in [0.1, 0.15) is 11.4 Å². The number of hydrogen-bond acceptors (Lipinski definition) is 8. The summed E-state index contributed by atoms with van der Waals surface area (Å²) in [7, 11) is -6.01. The number of rotatable bonds is 14. The molecule has 0 bridgehead atoms. The zero-order valence-corrected chi connectivity index (χ0v) is 27.5. The Hall–Kier alpha value is -2.29. The van der Waals surface area contributed by atoms with Gasteiger partial charge in [-0.1, -0.05) is 27.7 Å². The van der Waals surface area contributed by atoms with Crippen molar-refractivity contribution in [2.24, 2.45) is 5.92 Å². The van der Waals surface area contributed by atoms with E-state index in [9.17, 15) is 8.42 Å². The quantitative estimate of drug-likeness (QED) is 0.140. The lowest BCUT2D eigenvalue weighted by atomic mass is 10.1. The van der Waals surface area contributed by atoms with Gasteiger partial charge in [0.25, 0.3) is 10.1 Å². The van der Waals surface area contributed by atoms with Crippen molar-refractivity contribution >= 4 is 29.3 Å². The van der Waals surface area contributed by atoms with Crippen molar-refractivity contribution in [2.45, 2.75) is 77.9 Å². The fourth-order valence-electron chi connectivity index (χ4n) is 4.66. The van der Waals surface area contributed by atoms with Crippen LogP contribution in [0.15, 0.2) is 30.6 Å². The van der Waals surface area contributed by atoms with E-state index < -0.39 is 18.4 Å². The minimum absolute atomic E-state index is 0.0851. The molecule has 0 aliphatic carbocycles. The van der Waals surface area contributed by atoms with Gasteiger partial charge in [-0.25, -0.2) is 4.68 Å². The summed E-state index contributed by atoms with van der Waals surface area (Å²) in [5.74, 6) is 0.248. The molecule has 4 rings (SSSR count). The van der Waals surface area contributed by atoms with Gasteiger partial charge in [-0.05, 0) is 61.5 Å². The highest BCUT2D eigenvalue weighted by Gasteiger charge is 2.39. The van der Waals surface area contributed by atoms with Crippen LogP contribution in [-0.4, -0.2) is 79.6 Å². The van der Waals surface area contributed by atoms with Gasteiger partial charge in [-0.15, -0.1) is 0 Å². The summed E-state index contributed by atoms with van der Waals surface area (Å²) < 4.78 is 58.5. The monoisotopic (exact) mass is 622 g/mol. The highest BCUT2D eigenvalue weighted by molar-refractivity contribution is 7.85. The summed E-state index contributed by atoms with van der Waals surface area (Å²) in [5, 5.41) is 10.7. The van der Waals surface area contributed by atoms with E-state index in [2.05, 4.69) is 51.1 Å². The SMILES string of the molecule is CC(COCCOCCn1cc(-c2nn(C3CCCCO3)c3ccc(O[Si](C)(C)C(C)(C)C)cc23)cn1)CS(=O)(=O)O. The molecule has 0 spiro atoms. The molecule has 1 aliphatic heterocycles. The molecular weight excluding hydrogens is 576 g/mol. The van der Waals surface area contributed by atoms with Gasteiger partial charge in [0, 0.05) is 23.8 Å². The Balaban J connectivity index is 1.43. The van der Waals surface area contributed by atoms with Crippen molar-refractivity contribution in [2.75, 3.05) is 38.8 Å². The predicted molar refractivity (Wildman–Crippen MR) is 165 cm³/mol. The van der Waals surface area contributed by atoms with E-state index in [-0.39, 0.29) is 29.5 Å². The molecule has 1 aromatic carbocycles. The molecule has 42 heavy (non-hydrogen) atoms. The minimum atomic E-state index is -3.99. The fourth-order valence-corrected chi connectivity index (χ4v) is 6.50. The number of benzene rings is 1. The molecule has 11 nitrogen and oxygen atoms in total. The summed E-state index contributed by atoms with van der Waals surface area (Å²) in [6, 6.07) is 6.25. The summed E-state index contributed by atoms with van der Waals surface area (Å²) in [6.07, 6.45) is 6.82. The van der Waals surface area contributed by atoms with Gasteiger partial charge in [-0.2, -0.15) is 18.6 Å². The molecule has 0 amide bonds. The Labute approximate surface area is 250 Å². The minimum Gasteiger partial charge on any atom is -0.543 e. The second-order valence-electron chi connectivity index (χ2n) is 12.7. The highest BCUT2D eigenvalue weighted by Crippen LogP contribution is 2.39. The first kappa shape index (κ1) is 32.6. The summed E-state index contributed by atoms with van der Waals surface area (Å²) in [4.78, 5) is 0. The molecule has 0 saturated carbocycles. The van der Waals surface area contributed by atoms with Crippen LogP contribution in [0.3, 0.4) is 0 Å². The van der Waals surface area contributed by atoms with Crippen LogP contribution in [0.25, 0.3) is 22.2 Å². The Bertz CT molecular complexity index is 1430. The third kappa shape index (κ3) is 8.63. The predicted octanol–water partition coefficient (Wildman–Crippen LogP) is 5.54. The second-order valence-corrected chi connectivity index (χ2v) is 18.9. The van der Waals surface area contributed by atoms with E-state index in [1.807, 2.05) is 27.8 Å². The zero-order chi connectivity index (χ0) is 30.5. The zero-order valence-electron chi connectivity index (χ0n) is 25.7. The van der Waals surface area contributed by atoms with Gasteiger partial charge in [0.2, 0.25) is 8.32 Å². The molecule has 0 radical (unpaired) electrons. The van der Waals surface area contributed by atoms with E-state index in [0.717, 1.165) is 53.8 Å². The average molecular weight is 623 g/mol. The van der Waals surface area contributed by atoms with Gasteiger partial charge in [0.15, 0.2) is 6.23 Å². The molecule has 1 fully saturated rings. The molecule has 1 aliphatic rings. The lowest BCUT2D eigenvalue weighted by Crippen LogP contribution is -2.43. The van der Waals surface area contributed by atoms with E-state index in [1.165, 1.54) is 0 Å². The summed E-state index contributed by atoms with van der Waals surface area (Å²) >= 11 is 0. The molecule has 3 aromatic rings. The number of hydrogen-bond donors (Lipinski definition) is 1. The first-order chi connectivity index (χ1) is 19.7. The largest absolute Gasteiger partial charge is 0.543 e. The first-order valence-corrected chi connectivity index (χ1v) is 19.2. The van der Waals surface area contributed by atoms with Crippen LogP contribution in [-0.2, 0) is 30.9 Å². The van der Waals surface area contributed by atoms with Crippen molar-refractivity contribution < 1.29 is 31.6 Å². The normalized spacial score (nSPS) is 17.5. The lowest BCUT2D eigenvalue weighted by molar-refractivity contribution is -0.0365. The van der Waals surface area contributed by atoms with Crippen molar-refractivity contribution in [3.63, 3.8) is 0 Å². The molecule has 2 atom stereocenters. The topological polar surface area (TPSA) is 127 Å². The fraction of sp³-hybridized carbons (Fsp3) is 0.655. The average Bonchev–Trinajstić information content (AvgIpc) is 3.51. The smallest absolute Gasteiger partial charge is 0.265 e. The molecule has 234 valence electrons. The van der Waals surface area contributed by atoms with Crippen molar-refractivity contribution in [3.05, 3.63) is 30.6 Å². The van der Waals surface area contributed by atoms with Crippen molar-refractivity contribution in [3.8, 4) is 17.0 Å². The number of ether oxygens (including phenoxy) is 3. The van der Waals surface area contributed by atoms with Crippen LogP contribution >= 0.6 is 0 Å². The van der Waals surface area contributed by atoms with Crippen LogP contribution < -0.4 is 4.43 Å². The van der Waals surface area contributed by atoms with Crippen molar-refractivity contribution in [1.29, 1.82) is 0 Å². The third-order valence-corrected chi connectivity index (χ3v) is 13.3. The number of nitrogens with zero attached hydrogens (tertiary/aromatic N) is 4. The van der Waals surface area contributed by atoms with E-state index in [4.69, 9.17) is 28.3 Å². The molecule has 1 N–H and O–H groups in total. The van der Waals surface area contributed by atoms with Crippen LogP contribution in [0.5, 0.6) is 5.75 Å². The number of fused-ring (bicyclic) bond motifs is 1. The Kier molecular flexibility index (Phi) is 10.5. The van der Waals surface area contributed by atoms with E-state index >= 15 is 0 Å². The number of aromatic nitrogens is 4. The Morgan fingerprint density at radius 3 is 2.62 bits per heavy atom. The van der Waals surface area contributed by atoms with Crippen LogP contribution in [0.4, 0.5) is 0 Å². The first-order valence-electron chi connectivity index (χ1n) is 14.7. The summed E-state index contributed by atoms with van der Waals surface area (Å²) in [6.45, 7) is 15.6. The van der Waals surface area contributed by atoms with Gasteiger partial charge < -0.3 is 18.6 Å². The molecule has 13 heteroatoms. The maximum Gasteiger partial charge on any atom is 0.265 e. The van der Waals surface area contributed by atoms with Gasteiger partial charge in [-0.3, -0.25) is 9.23 Å². The molecule has 2 unspecified atom stereocenters. The van der Waals surface area contributed by atoms with Crippen molar-refractivity contribution in [1.82, 2.24) is 19.6 Å². The second kappa shape index (κ2) is 13.6. The Morgan fingerprint density at radius 1 is 1.17 bits per heavy atom. The molecule has 1 saturated heterocycles. The highest BCUT2D eigenvalue weighted by atomic mass is 32.2. The third-order valence-electron chi connectivity index (χ3n) is 7.93. The van der Waals surface area contributed by atoms with Crippen LogP contribution in [0.2, 0.25) is 18.1 Å². The maximum absolute atomic E-state index is 10.9. The van der Waals surface area contributed by atoms with E-state index in [1.54, 1.807) is 6.92 Å². The van der Waals surface area contributed by atoms with Gasteiger partial charge >= 0.3 is 0 Å². The van der Waals surface area contributed by atoms with Gasteiger partial charge in [0.05, 0.1) is 50.4 Å². The summed E-state index contributed by atoms with van der Waals surface area (Å²) in [5.41, 5.74) is 2.77. The van der Waals surface area contributed by atoms with Crippen LogP contribution in [0, 0.1) is 5.92 Å². The standard InChI is InChI=1S/C29H46N4O7SSi/c1-22(21-41(34,35)36)20-38-16-15-37-14-12-32-19-23(18-30-32)28-25-17-24(40-42(5,6)29(2,3)4)10-11-26(25)33(31-28)27-9-7-8-13-39-27/h10-11,17-19,22,27H,7-9,12-16,20-21H2,1-6H3,(H,34,35,36). The molecule has 3 heterocycles. The molecule has 2 aromatic heterocycles. The lowest BCUT2D eigenvalue weighted by Gasteiger charge is -2.36. The maximum atomic E-state index is 10.9.